The second-order valence-corrected chi connectivity index (χ2v) is 7.35. The smallest absolute Gasteiger partial charge is 0.341 e. The number of thiophene rings is 1. The number of amides is 1. The van der Waals surface area contributed by atoms with Crippen LogP contribution in [0.15, 0.2) is 18.2 Å². The summed E-state index contributed by atoms with van der Waals surface area (Å²) in [6.07, 6.45) is 1.16. The van der Waals surface area contributed by atoms with Gasteiger partial charge in [0.25, 0.3) is 5.91 Å². The van der Waals surface area contributed by atoms with Crippen molar-refractivity contribution in [2.75, 3.05) is 33.8 Å². The second kappa shape index (κ2) is 8.52. The third kappa shape index (κ3) is 3.65. The second-order valence-electron chi connectivity index (χ2n) is 6.24. The van der Waals surface area contributed by atoms with Crippen molar-refractivity contribution in [2.24, 2.45) is 0 Å². The number of aryl methyl sites for hydroxylation is 1. The van der Waals surface area contributed by atoms with E-state index < -0.39 is 23.8 Å². The molecule has 1 aliphatic carbocycles. The number of anilines is 1. The number of nitrogens with one attached hydrogen (secondary N) is 1. The number of carbonyl (C=O) groups is 3. The number of carbonyl (C=O) groups excluding carboxylic acids is 3. The average molecular weight is 419 g/mol. The number of ether oxygens (including phenoxy) is 4. The number of fused-ring (bicyclic) bond motifs is 1. The van der Waals surface area contributed by atoms with Crippen LogP contribution in [0.1, 0.15) is 43.5 Å². The molecule has 1 aromatic heterocycles. The van der Waals surface area contributed by atoms with Gasteiger partial charge in [-0.15, -0.1) is 11.3 Å². The van der Waals surface area contributed by atoms with E-state index in [1.54, 1.807) is 18.2 Å². The fraction of sp³-hybridized carbons (Fsp3) is 0.350. The lowest BCUT2D eigenvalue weighted by Gasteiger charge is -2.14. The standard InChI is InChI=1S/C20H21NO7S/c1-25-11-6-5-7-12(26-2)15(11)17(22)21-18-16(20(24)28-4)14-10(19(23)27-3)8-9-13(14)29-18/h5-7,10H,8-9H2,1-4H3,(H,21,22)/t10-/m1/s1. The first-order valence-corrected chi connectivity index (χ1v) is 9.62. The summed E-state index contributed by atoms with van der Waals surface area (Å²) in [7, 11) is 5.46. The number of rotatable bonds is 6. The molecule has 1 heterocycles. The SMILES string of the molecule is COC(=O)c1c(NC(=O)c2c(OC)cccc2OC)sc2c1[C@H](C(=O)OC)CC2. The maximum Gasteiger partial charge on any atom is 0.341 e. The van der Waals surface area contributed by atoms with Crippen molar-refractivity contribution in [3.05, 3.63) is 39.8 Å². The molecule has 29 heavy (non-hydrogen) atoms. The lowest BCUT2D eigenvalue weighted by molar-refractivity contribution is -0.142. The summed E-state index contributed by atoms with van der Waals surface area (Å²) >= 11 is 1.25. The summed E-state index contributed by atoms with van der Waals surface area (Å²) in [5.74, 6) is -1.45. The van der Waals surface area contributed by atoms with Gasteiger partial charge in [0.15, 0.2) is 0 Å². The molecule has 1 aliphatic rings. The number of hydrogen-bond acceptors (Lipinski definition) is 8. The molecule has 0 unspecified atom stereocenters. The van der Waals surface area contributed by atoms with Gasteiger partial charge in [-0.2, -0.15) is 0 Å². The van der Waals surface area contributed by atoms with Crippen molar-refractivity contribution in [1.29, 1.82) is 0 Å². The number of benzene rings is 1. The van der Waals surface area contributed by atoms with Crippen LogP contribution >= 0.6 is 11.3 Å². The summed E-state index contributed by atoms with van der Waals surface area (Å²) in [5, 5.41) is 3.08. The van der Waals surface area contributed by atoms with E-state index in [4.69, 9.17) is 18.9 Å². The van der Waals surface area contributed by atoms with Crippen molar-refractivity contribution < 1.29 is 33.3 Å². The molecule has 0 saturated carbocycles. The molecule has 8 nitrogen and oxygen atoms in total. The van der Waals surface area contributed by atoms with E-state index in [2.05, 4.69) is 5.32 Å². The molecule has 1 atom stereocenters. The van der Waals surface area contributed by atoms with Gasteiger partial charge in [-0.25, -0.2) is 4.79 Å². The predicted octanol–water partition coefficient (Wildman–Crippen LogP) is 3.01. The van der Waals surface area contributed by atoms with Crippen molar-refractivity contribution >= 4 is 34.2 Å². The van der Waals surface area contributed by atoms with Crippen LogP contribution in [-0.2, 0) is 20.7 Å². The summed E-state index contributed by atoms with van der Waals surface area (Å²) in [6.45, 7) is 0. The maximum atomic E-state index is 13.0. The fourth-order valence-corrected chi connectivity index (χ4v) is 4.74. The van der Waals surface area contributed by atoms with Gasteiger partial charge in [-0.1, -0.05) is 6.07 Å². The molecular formula is C20H21NO7S. The molecule has 3 rings (SSSR count). The molecule has 0 aliphatic heterocycles. The Labute approximate surface area is 171 Å². The lowest BCUT2D eigenvalue weighted by atomic mass is 9.99. The van der Waals surface area contributed by atoms with E-state index in [1.807, 2.05) is 0 Å². The first kappa shape index (κ1) is 20.7. The van der Waals surface area contributed by atoms with Crippen LogP contribution < -0.4 is 14.8 Å². The Kier molecular flexibility index (Phi) is 6.07. The molecular weight excluding hydrogens is 398 g/mol. The third-order valence-corrected chi connectivity index (χ3v) is 5.97. The van der Waals surface area contributed by atoms with E-state index in [9.17, 15) is 14.4 Å². The van der Waals surface area contributed by atoms with Gasteiger partial charge in [0.05, 0.1) is 39.9 Å². The molecule has 0 bridgehead atoms. The van der Waals surface area contributed by atoms with E-state index >= 15 is 0 Å². The average Bonchev–Trinajstić information content (AvgIpc) is 3.30. The van der Waals surface area contributed by atoms with Crippen LogP contribution in [0.4, 0.5) is 5.00 Å². The molecule has 9 heteroatoms. The Hall–Kier alpha value is -3.07. The molecule has 0 saturated heterocycles. The minimum Gasteiger partial charge on any atom is -0.496 e. The van der Waals surface area contributed by atoms with Crippen molar-refractivity contribution in [2.45, 2.75) is 18.8 Å². The minimum absolute atomic E-state index is 0.183. The summed E-state index contributed by atoms with van der Waals surface area (Å²) < 4.78 is 20.3. The summed E-state index contributed by atoms with van der Waals surface area (Å²) in [6, 6.07) is 4.98. The quantitative estimate of drug-likeness (QED) is 0.719. The molecule has 2 aromatic rings. The van der Waals surface area contributed by atoms with Gasteiger partial charge in [-0.05, 0) is 30.5 Å². The van der Waals surface area contributed by atoms with Crippen molar-refractivity contribution in [1.82, 2.24) is 0 Å². The highest BCUT2D eigenvalue weighted by Crippen LogP contribution is 2.46. The zero-order valence-electron chi connectivity index (χ0n) is 16.5. The van der Waals surface area contributed by atoms with E-state index in [1.165, 1.54) is 39.8 Å². The Balaban J connectivity index is 2.04. The first-order chi connectivity index (χ1) is 14.0. The van der Waals surface area contributed by atoms with Crippen molar-refractivity contribution in [3.8, 4) is 11.5 Å². The fourth-order valence-electron chi connectivity index (χ4n) is 3.48. The normalized spacial score (nSPS) is 14.7. The highest BCUT2D eigenvalue weighted by molar-refractivity contribution is 7.17. The van der Waals surface area contributed by atoms with Crippen LogP contribution in [0, 0.1) is 0 Å². The number of esters is 2. The summed E-state index contributed by atoms with van der Waals surface area (Å²) in [5.41, 5.74) is 0.949. The lowest BCUT2D eigenvalue weighted by Crippen LogP contribution is -2.18. The zero-order chi connectivity index (χ0) is 21.1. The third-order valence-electron chi connectivity index (χ3n) is 4.79. The van der Waals surface area contributed by atoms with Gasteiger partial charge in [0, 0.05) is 4.88 Å². The number of hydrogen-bond donors (Lipinski definition) is 1. The topological polar surface area (TPSA) is 100 Å². The molecule has 0 fully saturated rings. The molecule has 0 spiro atoms. The molecule has 1 amide bonds. The highest BCUT2D eigenvalue weighted by Gasteiger charge is 2.38. The van der Waals surface area contributed by atoms with Gasteiger partial charge in [-0.3, -0.25) is 9.59 Å². The minimum atomic E-state index is -0.624. The van der Waals surface area contributed by atoms with Gasteiger partial charge in [0.1, 0.15) is 22.1 Å². The van der Waals surface area contributed by atoms with Gasteiger partial charge in [0.2, 0.25) is 0 Å². The first-order valence-electron chi connectivity index (χ1n) is 8.80. The van der Waals surface area contributed by atoms with Crippen LogP contribution in [0.2, 0.25) is 0 Å². The Morgan fingerprint density at radius 3 is 2.21 bits per heavy atom. The van der Waals surface area contributed by atoms with Gasteiger partial charge >= 0.3 is 11.9 Å². The van der Waals surface area contributed by atoms with Crippen LogP contribution in [0.5, 0.6) is 11.5 Å². The molecule has 1 N–H and O–H groups in total. The maximum absolute atomic E-state index is 13.0. The molecule has 0 radical (unpaired) electrons. The molecule has 1 aromatic carbocycles. The van der Waals surface area contributed by atoms with Gasteiger partial charge < -0.3 is 24.3 Å². The van der Waals surface area contributed by atoms with Crippen LogP contribution in [0.3, 0.4) is 0 Å². The summed E-state index contributed by atoms with van der Waals surface area (Å²) in [4.78, 5) is 38.6. The zero-order valence-corrected chi connectivity index (χ0v) is 17.3. The Morgan fingerprint density at radius 2 is 1.66 bits per heavy atom. The number of methoxy groups -OCH3 is 4. The van der Waals surface area contributed by atoms with E-state index in [-0.39, 0.29) is 11.1 Å². The van der Waals surface area contributed by atoms with E-state index in [0.717, 1.165) is 4.88 Å². The monoisotopic (exact) mass is 419 g/mol. The van der Waals surface area contributed by atoms with E-state index in [0.29, 0.717) is 34.9 Å². The predicted molar refractivity (Wildman–Crippen MR) is 106 cm³/mol. The van der Waals surface area contributed by atoms with Crippen LogP contribution in [-0.4, -0.2) is 46.3 Å². The Bertz CT molecular complexity index is 944. The van der Waals surface area contributed by atoms with Crippen LogP contribution in [0.25, 0.3) is 0 Å². The van der Waals surface area contributed by atoms with Crippen molar-refractivity contribution in [3.63, 3.8) is 0 Å². The molecule has 154 valence electrons. The Morgan fingerprint density at radius 1 is 1.00 bits per heavy atom. The highest BCUT2D eigenvalue weighted by atomic mass is 32.1. The largest absolute Gasteiger partial charge is 0.496 e.